The summed E-state index contributed by atoms with van der Waals surface area (Å²) in [7, 11) is -3.82. The lowest BCUT2D eigenvalue weighted by Gasteiger charge is -2.15. The van der Waals surface area contributed by atoms with Crippen LogP contribution in [0, 0.1) is 5.82 Å². The van der Waals surface area contributed by atoms with Gasteiger partial charge in [-0.1, -0.05) is 13.0 Å². The van der Waals surface area contributed by atoms with E-state index in [4.69, 9.17) is 5.11 Å². The highest BCUT2D eigenvalue weighted by molar-refractivity contribution is 7.89. The zero-order valence-electron chi connectivity index (χ0n) is 12.9. The van der Waals surface area contributed by atoms with Gasteiger partial charge in [0.2, 0.25) is 10.0 Å². The number of carboxylic acid groups (broad SMARTS) is 1. The van der Waals surface area contributed by atoms with E-state index in [1.807, 2.05) is 6.92 Å². The second-order valence-electron chi connectivity index (χ2n) is 5.91. The summed E-state index contributed by atoms with van der Waals surface area (Å²) >= 11 is 0. The Morgan fingerprint density at radius 2 is 1.83 bits per heavy atom. The monoisotopic (exact) mass is 349 g/mol. The molecule has 7 heteroatoms. The number of fused-ring (bicyclic) bond motifs is 1. The van der Waals surface area contributed by atoms with E-state index in [2.05, 4.69) is 4.72 Å². The number of aromatic carboxylic acids is 1. The van der Waals surface area contributed by atoms with Crippen LogP contribution in [0.15, 0.2) is 47.4 Å². The number of carbonyl (C=O) groups is 1. The summed E-state index contributed by atoms with van der Waals surface area (Å²) in [5, 5.41) is 9.13. The van der Waals surface area contributed by atoms with Gasteiger partial charge in [0.05, 0.1) is 10.5 Å². The Labute approximate surface area is 139 Å². The van der Waals surface area contributed by atoms with Crippen LogP contribution in [-0.4, -0.2) is 19.5 Å². The lowest BCUT2D eigenvalue weighted by molar-refractivity contribution is 0.0696. The lowest BCUT2D eigenvalue weighted by Crippen LogP contribution is -2.27. The Morgan fingerprint density at radius 1 is 1.17 bits per heavy atom. The fraction of sp³-hybridized carbons (Fsp3) is 0.235. The van der Waals surface area contributed by atoms with Gasteiger partial charge in [0.15, 0.2) is 0 Å². The molecular formula is C17H16FNO4S. The van der Waals surface area contributed by atoms with E-state index in [-0.39, 0.29) is 16.4 Å². The molecule has 0 saturated carbocycles. The highest BCUT2D eigenvalue weighted by atomic mass is 32.2. The van der Waals surface area contributed by atoms with Gasteiger partial charge in [0.25, 0.3) is 0 Å². The van der Waals surface area contributed by atoms with E-state index in [0.29, 0.717) is 12.0 Å². The normalized spacial score (nSPS) is 19.9. The average Bonchev–Trinajstić information content (AvgIpc) is 2.83. The number of hydrogen-bond acceptors (Lipinski definition) is 3. The summed E-state index contributed by atoms with van der Waals surface area (Å²) < 4.78 is 40.5. The van der Waals surface area contributed by atoms with Gasteiger partial charge in [-0.25, -0.2) is 22.3 Å². The standard InChI is InChI=1S/C17H16FNO4S/c1-10-8-16(15-9-11(17(20)21)2-7-14(10)15)19-24(22,23)13-5-3-12(18)4-6-13/h2-7,9-10,16,19H,8H2,1H3,(H,20,21)/t10-,16?/m1/s1. The molecule has 0 heterocycles. The molecule has 5 nitrogen and oxygen atoms in total. The van der Waals surface area contributed by atoms with Crippen molar-refractivity contribution in [2.24, 2.45) is 0 Å². The van der Waals surface area contributed by atoms with Crippen LogP contribution in [0.5, 0.6) is 0 Å². The maximum atomic E-state index is 13.0. The fourth-order valence-corrected chi connectivity index (χ4v) is 4.27. The molecule has 0 spiro atoms. The first kappa shape index (κ1) is 16.6. The van der Waals surface area contributed by atoms with E-state index in [1.165, 1.54) is 24.3 Å². The molecule has 0 bridgehead atoms. The van der Waals surface area contributed by atoms with Crippen molar-refractivity contribution in [3.05, 3.63) is 65.0 Å². The van der Waals surface area contributed by atoms with Crippen molar-refractivity contribution in [1.29, 1.82) is 0 Å². The molecule has 0 saturated heterocycles. The van der Waals surface area contributed by atoms with Crippen LogP contribution < -0.4 is 4.72 Å². The van der Waals surface area contributed by atoms with Crippen molar-refractivity contribution in [3.8, 4) is 0 Å². The van der Waals surface area contributed by atoms with Gasteiger partial charge in [0.1, 0.15) is 5.82 Å². The van der Waals surface area contributed by atoms with E-state index >= 15 is 0 Å². The number of carboxylic acids is 1. The number of benzene rings is 2. The largest absolute Gasteiger partial charge is 0.478 e. The minimum atomic E-state index is -3.82. The SMILES string of the molecule is C[C@@H]1CC(NS(=O)(=O)c2ccc(F)cc2)c2cc(C(=O)O)ccc21. The molecular weight excluding hydrogens is 333 g/mol. The maximum Gasteiger partial charge on any atom is 0.335 e. The third-order valence-corrected chi connectivity index (χ3v) is 5.74. The number of rotatable bonds is 4. The zero-order chi connectivity index (χ0) is 17.5. The third kappa shape index (κ3) is 3.05. The maximum absolute atomic E-state index is 13.0. The van der Waals surface area contributed by atoms with Crippen LogP contribution in [0.2, 0.25) is 0 Å². The lowest BCUT2D eigenvalue weighted by atomic mass is 10.0. The van der Waals surface area contributed by atoms with Gasteiger partial charge in [-0.05, 0) is 59.9 Å². The Morgan fingerprint density at radius 3 is 2.46 bits per heavy atom. The molecule has 1 unspecified atom stereocenters. The first-order valence-corrected chi connectivity index (χ1v) is 8.91. The fourth-order valence-electron chi connectivity index (χ4n) is 3.05. The van der Waals surface area contributed by atoms with Crippen LogP contribution in [0.3, 0.4) is 0 Å². The van der Waals surface area contributed by atoms with Crippen molar-refractivity contribution < 1.29 is 22.7 Å². The average molecular weight is 349 g/mol. The first-order valence-electron chi connectivity index (χ1n) is 7.43. The Balaban J connectivity index is 1.93. The first-order chi connectivity index (χ1) is 11.3. The molecule has 2 aromatic rings. The summed E-state index contributed by atoms with van der Waals surface area (Å²) in [5.74, 6) is -1.46. The van der Waals surface area contributed by atoms with Gasteiger partial charge in [-0.15, -0.1) is 0 Å². The Hall–Kier alpha value is -2.25. The number of halogens is 1. The Bertz CT molecular complexity index is 893. The van der Waals surface area contributed by atoms with Gasteiger partial charge < -0.3 is 5.11 Å². The molecule has 0 radical (unpaired) electrons. The molecule has 2 aromatic carbocycles. The van der Waals surface area contributed by atoms with Crippen LogP contribution in [0.4, 0.5) is 4.39 Å². The van der Waals surface area contributed by atoms with Crippen molar-refractivity contribution >= 4 is 16.0 Å². The molecule has 1 aliphatic rings. The highest BCUT2D eigenvalue weighted by Crippen LogP contribution is 2.41. The molecule has 3 rings (SSSR count). The summed E-state index contributed by atoms with van der Waals surface area (Å²) in [4.78, 5) is 11.1. The predicted octanol–water partition coefficient (Wildman–Crippen LogP) is 3.05. The third-order valence-electron chi connectivity index (χ3n) is 4.25. The van der Waals surface area contributed by atoms with Crippen molar-refractivity contribution in [1.82, 2.24) is 4.72 Å². The Kier molecular flexibility index (Phi) is 4.15. The van der Waals surface area contributed by atoms with Gasteiger partial charge >= 0.3 is 5.97 Å². The van der Waals surface area contributed by atoms with Crippen molar-refractivity contribution in [2.75, 3.05) is 0 Å². The molecule has 1 aliphatic carbocycles. The highest BCUT2D eigenvalue weighted by Gasteiger charge is 2.32. The minimum absolute atomic E-state index is 0.0283. The van der Waals surface area contributed by atoms with E-state index < -0.39 is 27.9 Å². The number of nitrogens with one attached hydrogen (secondary N) is 1. The van der Waals surface area contributed by atoms with Crippen molar-refractivity contribution in [3.63, 3.8) is 0 Å². The molecule has 2 N–H and O–H groups in total. The van der Waals surface area contributed by atoms with Gasteiger partial charge in [-0.3, -0.25) is 0 Å². The van der Waals surface area contributed by atoms with Crippen LogP contribution >= 0.6 is 0 Å². The smallest absolute Gasteiger partial charge is 0.335 e. The molecule has 0 fully saturated rings. The van der Waals surface area contributed by atoms with E-state index in [1.54, 1.807) is 6.07 Å². The van der Waals surface area contributed by atoms with Crippen LogP contribution in [-0.2, 0) is 10.0 Å². The number of hydrogen-bond donors (Lipinski definition) is 2. The van der Waals surface area contributed by atoms with Gasteiger partial charge in [-0.2, -0.15) is 0 Å². The van der Waals surface area contributed by atoms with Gasteiger partial charge in [0, 0.05) is 6.04 Å². The van der Waals surface area contributed by atoms with Crippen molar-refractivity contribution in [2.45, 2.75) is 30.2 Å². The molecule has 24 heavy (non-hydrogen) atoms. The van der Waals surface area contributed by atoms with E-state index in [9.17, 15) is 17.6 Å². The molecule has 2 atom stereocenters. The predicted molar refractivity (Wildman–Crippen MR) is 85.9 cm³/mol. The topological polar surface area (TPSA) is 83.5 Å². The second kappa shape index (κ2) is 5.99. The zero-order valence-corrected chi connectivity index (χ0v) is 13.7. The molecule has 126 valence electrons. The summed E-state index contributed by atoms with van der Waals surface area (Å²) in [6.07, 6.45) is 0.541. The quantitative estimate of drug-likeness (QED) is 0.889. The second-order valence-corrected chi connectivity index (χ2v) is 7.63. The summed E-state index contributed by atoms with van der Waals surface area (Å²) in [6.45, 7) is 1.96. The van der Waals surface area contributed by atoms with Crippen LogP contribution in [0.25, 0.3) is 0 Å². The number of sulfonamides is 1. The van der Waals surface area contributed by atoms with Crippen LogP contribution in [0.1, 0.15) is 46.8 Å². The summed E-state index contributed by atoms with van der Waals surface area (Å²) in [5.41, 5.74) is 1.73. The summed E-state index contributed by atoms with van der Waals surface area (Å²) in [6, 6.07) is 8.83. The minimum Gasteiger partial charge on any atom is -0.478 e. The van der Waals surface area contributed by atoms with E-state index in [0.717, 1.165) is 17.7 Å². The molecule has 0 aromatic heterocycles. The molecule has 0 amide bonds. The molecule has 0 aliphatic heterocycles.